The summed E-state index contributed by atoms with van der Waals surface area (Å²) in [5.74, 6) is -0.336. The molecule has 1 aliphatic rings. The van der Waals surface area contributed by atoms with Gasteiger partial charge in [0.1, 0.15) is 6.61 Å². The average molecular weight is 378 g/mol. The SMILES string of the molecule is O=C(CO)Nc1ccn(C(=O)N2CCN(Cc3ccc(Cl)cc3)CC2)n1. The number of halogens is 1. The maximum absolute atomic E-state index is 12.5. The van der Waals surface area contributed by atoms with Crippen molar-refractivity contribution >= 4 is 29.4 Å². The first-order valence-corrected chi connectivity index (χ1v) is 8.65. The van der Waals surface area contributed by atoms with E-state index in [1.54, 1.807) is 4.90 Å². The Labute approximate surface area is 155 Å². The standard InChI is InChI=1S/C17H20ClN5O3/c18-14-3-1-13(2-4-14)11-21-7-9-22(10-8-21)17(26)23-6-5-15(20-23)19-16(25)12-24/h1-6,24H,7-12H2,(H,19,20,25). The summed E-state index contributed by atoms with van der Waals surface area (Å²) in [6, 6.07) is 9.05. The zero-order valence-corrected chi connectivity index (χ0v) is 14.9. The highest BCUT2D eigenvalue weighted by Crippen LogP contribution is 2.13. The Hall–Kier alpha value is -2.42. The fourth-order valence-corrected chi connectivity index (χ4v) is 2.90. The van der Waals surface area contributed by atoms with E-state index in [-0.39, 0.29) is 11.8 Å². The number of piperazine rings is 1. The van der Waals surface area contributed by atoms with E-state index in [4.69, 9.17) is 16.7 Å². The Balaban J connectivity index is 1.52. The van der Waals surface area contributed by atoms with Crippen LogP contribution in [0.25, 0.3) is 0 Å². The lowest BCUT2D eigenvalue weighted by atomic mass is 10.2. The Kier molecular flexibility index (Phi) is 5.87. The van der Waals surface area contributed by atoms with Gasteiger partial charge in [-0.25, -0.2) is 4.79 Å². The van der Waals surface area contributed by atoms with Crippen LogP contribution in [-0.2, 0) is 11.3 Å². The normalized spacial score (nSPS) is 15.1. The Morgan fingerprint density at radius 2 is 1.81 bits per heavy atom. The molecule has 1 fully saturated rings. The van der Waals surface area contributed by atoms with Crippen molar-refractivity contribution in [3.63, 3.8) is 0 Å². The fourth-order valence-electron chi connectivity index (χ4n) is 2.77. The number of nitrogens with one attached hydrogen (secondary N) is 1. The van der Waals surface area contributed by atoms with E-state index < -0.39 is 12.5 Å². The second kappa shape index (κ2) is 8.31. The second-order valence-electron chi connectivity index (χ2n) is 6.02. The minimum absolute atomic E-state index is 0.235. The molecule has 0 aliphatic carbocycles. The number of aromatic nitrogens is 2. The van der Waals surface area contributed by atoms with E-state index in [0.29, 0.717) is 13.1 Å². The van der Waals surface area contributed by atoms with Crippen LogP contribution < -0.4 is 5.32 Å². The number of hydrogen-bond donors (Lipinski definition) is 2. The summed E-state index contributed by atoms with van der Waals surface area (Å²) < 4.78 is 1.20. The Morgan fingerprint density at radius 1 is 1.12 bits per heavy atom. The molecule has 0 atom stereocenters. The molecule has 0 spiro atoms. The predicted molar refractivity (Wildman–Crippen MR) is 97.0 cm³/mol. The van der Waals surface area contributed by atoms with Crippen molar-refractivity contribution in [3.05, 3.63) is 47.1 Å². The molecule has 1 aliphatic heterocycles. The zero-order chi connectivity index (χ0) is 18.5. The molecule has 9 heteroatoms. The lowest BCUT2D eigenvalue weighted by Gasteiger charge is -2.34. The second-order valence-corrected chi connectivity index (χ2v) is 6.46. The molecular formula is C17H20ClN5O3. The van der Waals surface area contributed by atoms with E-state index in [9.17, 15) is 9.59 Å². The van der Waals surface area contributed by atoms with Crippen molar-refractivity contribution in [2.75, 3.05) is 38.1 Å². The smallest absolute Gasteiger partial charge is 0.344 e. The molecular weight excluding hydrogens is 358 g/mol. The van der Waals surface area contributed by atoms with Gasteiger partial charge in [0.05, 0.1) is 0 Å². The van der Waals surface area contributed by atoms with E-state index in [0.717, 1.165) is 24.7 Å². The first-order chi connectivity index (χ1) is 12.5. The zero-order valence-electron chi connectivity index (χ0n) is 14.1. The predicted octanol–water partition coefficient (Wildman–Crippen LogP) is 1.25. The maximum atomic E-state index is 12.5. The molecule has 0 bridgehead atoms. The van der Waals surface area contributed by atoms with Gasteiger partial charge >= 0.3 is 6.03 Å². The number of carbonyl (C=O) groups excluding carboxylic acids is 2. The summed E-state index contributed by atoms with van der Waals surface area (Å²) in [4.78, 5) is 27.7. The van der Waals surface area contributed by atoms with Crippen LogP contribution >= 0.6 is 11.6 Å². The van der Waals surface area contributed by atoms with Gasteiger partial charge in [0.25, 0.3) is 5.91 Å². The molecule has 8 nitrogen and oxygen atoms in total. The number of hydrogen-bond acceptors (Lipinski definition) is 5. The number of rotatable bonds is 4. The minimum Gasteiger partial charge on any atom is -0.387 e. The van der Waals surface area contributed by atoms with E-state index in [2.05, 4.69) is 15.3 Å². The molecule has 1 saturated heterocycles. The number of aliphatic hydroxyl groups excluding tert-OH is 1. The molecule has 26 heavy (non-hydrogen) atoms. The van der Waals surface area contributed by atoms with Crippen molar-refractivity contribution < 1.29 is 14.7 Å². The third kappa shape index (κ3) is 4.60. The molecule has 1 aromatic heterocycles. The largest absolute Gasteiger partial charge is 0.387 e. The maximum Gasteiger partial charge on any atom is 0.344 e. The van der Waals surface area contributed by atoms with Gasteiger partial charge in [-0.2, -0.15) is 4.68 Å². The van der Waals surface area contributed by atoms with Gasteiger partial charge in [0.15, 0.2) is 5.82 Å². The average Bonchev–Trinajstić information content (AvgIpc) is 3.12. The summed E-state index contributed by atoms with van der Waals surface area (Å²) >= 11 is 5.90. The first-order valence-electron chi connectivity index (χ1n) is 8.27. The molecule has 2 heterocycles. The quantitative estimate of drug-likeness (QED) is 0.837. The topological polar surface area (TPSA) is 90.7 Å². The molecule has 1 aromatic carbocycles. The minimum atomic E-state index is -0.629. The number of carbonyl (C=O) groups is 2. The number of aliphatic hydroxyl groups is 1. The molecule has 0 unspecified atom stereocenters. The van der Waals surface area contributed by atoms with Crippen LogP contribution in [0.3, 0.4) is 0 Å². The summed E-state index contributed by atoms with van der Waals surface area (Å²) in [6.45, 7) is 2.93. The number of benzene rings is 1. The third-order valence-electron chi connectivity index (χ3n) is 4.16. The van der Waals surface area contributed by atoms with Crippen LogP contribution in [0, 0.1) is 0 Å². The number of amides is 2. The van der Waals surface area contributed by atoms with Crippen LogP contribution in [0.5, 0.6) is 0 Å². The monoisotopic (exact) mass is 377 g/mol. The van der Waals surface area contributed by atoms with Crippen LogP contribution in [-0.4, -0.2) is 69.4 Å². The molecule has 3 rings (SSSR count). The fraction of sp³-hybridized carbons (Fsp3) is 0.353. The molecule has 2 amide bonds. The lowest BCUT2D eigenvalue weighted by molar-refractivity contribution is -0.118. The van der Waals surface area contributed by atoms with Gasteiger partial charge < -0.3 is 15.3 Å². The summed E-state index contributed by atoms with van der Waals surface area (Å²) in [5.41, 5.74) is 1.19. The molecule has 138 valence electrons. The van der Waals surface area contributed by atoms with Gasteiger partial charge in [-0.05, 0) is 17.7 Å². The van der Waals surface area contributed by atoms with Gasteiger partial charge in [-0.3, -0.25) is 9.69 Å². The Bertz CT molecular complexity index is 769. The highest BCUT2D eigenvalue weighted by atomic mass is 35.5. The summed E-state index contributed by atoms with van der Waals surface area (Å²) in [7, 11) is 0. The number of anilines is 1. The van der Waals surface area contributed by atoms with Crippen molar-refractivity contribution in [2.45, 2.75) is 6.54 Å². The van der Waals surface area contributed by atoms with E-state index in [1.165, 1.54) is 22.5 Å². The van der Waals surface area contributed by atoms with Crippen LogP contribution in [0.2, 0.25) is 5.02 Å². The number of nitrogens with zero attached hydrogens (tertiary/aromatic N) is 4. The van der Waals surface area contributed by atoms with Crippen molar-refractivity contribution in [1.82, 2.24) is 19.6 Å². The molecule has 0 radical (unpaired) electrons. The van der Waals surface area contributed by atoms with E-state index >= 15 is 0 Å². The van der Waals surface area contributed by atoms with Crippen molar-refractivity contribution in [1.29, 1.82) is 0 Å². The summed E-state index contributed by atoms with van der Waals surface area (Å²) in [5, 5.41) is 15.9. The Morgan fingerprint density at radius 3 is 2.46 bits per heavy atom. The van der Waals surface area contributed by atoms with Crippen molar-refractivity contribution in [3.8, 4) is 0 Å². The van der Waals surface area contributed by atoms with Gasteiger partial charge in [0, 0.05) is 50.0 Å². The van der Waals surface area contributed by atoms with Crippen LogP contribution in [0.15, 0.2) is 36.5 Å². The lowest BCUT2D eigenvalue weighted by Crippen LogP contribution is -2.49. The van der Waals surface area contributed by atoms with Crippen molar-refractivity contribution in [2.24, 2.45) is 0 Å². The molecule has 0 saturated carbocycles. The van der Waals surface area contributed by atoms with Gasteiger partial charge in [-0.1, -0.05) is 23.7 Å². The van der Waals surface area contributed by atoms with Crippen LogP contribution in [0.4, 0.5) is 10.6 Å². The molecule has 2 aromatic rings. The highest BCUT2D eigenvalue weighted by Gasteiger charge is 2.23. The third-order valence-corrected chi connectivity index (χ3v) is 4.41. The van der Waals surface area contributed by atoms with Gasteiger partial charge in [-0.15, -0.1) is 5.10 Å². The van der Waals surface area contributed by atoms with Gasteiger partial charge in [0.2, 0.25) is 0 Å². The highest BCUT2D eigenvalue weighted by molar-refractivity contribution is 6.30. The first kappa shape index (κ1) is 18.4. The van der Waals surface area contributed by atoms with Crippen LogP contribution in [0.1, 0.15) is 5.56 Å². The van der Waals surface area contributed by atoms with E-state index in [1.807, 2.05) is 24.3 Å². The summed E-state index contributed by atoms with van der Waals surface area (Å²) in [6.07, 6.45) is 1.50. The molecule has 2 N–H and O–H groups in total.